The van der Waals surface area contributed by atoms with Gasteiger partial charge < -0.3 is 11.1 Å². The fourth-order valence-corrected chi connectivity index (χ4v) is 1.99. The normalized spacial score (nSPS) is 11.5. The molecule has 1 atom stereocenters. The van der Waals surface area contributed by atoms with Crippen molar-refractivity contribution in [1.29, 1.82) is 5.26 Å². The van der Waals surface area contributed by atoms with Crippen LogP contribution in [0, 0.1) is 18.3 Å². The molecule has 0 spiro atoms. The Balaban J connectivity index is 2.12. The molecule has 1 aromatic heterocycles. The van der Waals surface area contributed by atoms with E-state index in [1.54, 1.807) is 30.3 Å². The first-order valence-corrected chi connectivity index (χ1v) is 6.54. The summed E-state index contributed by atoms with van der Waals surface area (Å²) in [7, 11) is 0. The summed E-state index contributed by atoms with van der Waals surface area (Å²) in [6.07, 6.45) is 0. The number of nitrogens with one attached hydrogen (secondary N) is 1. The smallest absolute Gasteiger partial charge is 0.251 e. The Hall–Kier alpha value is -2.87. The van der Waals surface area contributed by atoms with Crippen molar-refractivity contribution >= 4 is 11.7 Å². The molecule has 2 aromatic rings. The van der Waals surface area contributed by atoms with Gasteiger partial charge in [0.1, 0.15) is 5.82 Å². The van der Waals surface area contributed by atoms with E-state index in [1.165, 1.54) is 0 Å². The Morgan fingerprint density at radius 1 is 1.33 bits per heavy atom. The van der Waals surface area contributed by atoms with Crippen LogP contribution in [-0.4, -0.2) is 10.9 Å². The molecule has 0 fully saturated rings. The summed E-state index contributed by atoms with van der Waals surface area (Å²) >= 11 is 0. The van der Waals surface area contributed by atoms with E-state index in [9.17, 15) is 4.79 Å². The Bertz CT molecular complexity index is 681. The van der Waals surface area contributed by atoms with Crippen molar-refractivity contribution in [2.45, 2.75) is 19.9 Å². The van der Waals surface area contributed by atoms with Crippen LogP contribution in [0.2, 0.25) is 0 Å². The molecule has 106 valence electrons. The molecule has 1 aromatic carbocycles. The first-order valence-electron chi connectivity index (χ1n) is 6.54. The number of carbonyl (C=O) groups excluding carboxylic acids is 1. The maximum atomic E-state index is 12.1. The largest absolute Gasteiger partial charge is 0.384 e. The van der Waals surface area contributed by atoms with Crippen LogP contribution in [-0.2, 0) is 0 Å². The zero-order valence-corrected chi connectivity index (χ0v) is 11.9. The highest BCUT2D eigenvalue weighted by molar-refractivity contribution is 5.94. The minimum Gasteiger partial charge on any atom is -0.384 e. The second kappa shape index (κ2) is 6.06. The van der Waals surface area contributed by atoms with Gasteiger partial charge in [0, 0.05) is 5.56 Å². The predicted octanol–water partition coefficient (Wildman–Crippen LogP) is 2.33. The third-order valence-corrected chi connectivity index (χ3v) is 3.08. The van der Waals surface area contributed by atoms with E-state index in [0.29, 0.717) is 16.9 Å². The summed E-state index contributed by atoms with van der Waals surface area (Å²) in [6.45, 7) is 3.78. The lowest BCUT2D eigenvalue weighted by Crippen LogP contribution is -2.27. The lowest BCUT2D eigenvalue weighted by molar-refractivity contribution is 0.0939. The van der Waals surface area contributed by atoms with Crippen LogP contribution >= 0.6 is 0 Å². The second-order valence-corrected chi connectivity index (χ2v) is 4.88. The third-order valence-electron chi connectivity index (χ3n) is 3.08. The number of nitrogen functional groups attached to an aromatic ring is 1. The minimum absolute atomic E-state index is 0.214. The van der Waals surface area contributed by atoms with E-state index in [1.807, 2.05) is 26.0 Å². The number of nitriles is 1. The molecule has 2 rings (SSSR count). The lowest BCUT2D eigenvalue weighted by atomic mass is 10.1. The molecular weight excluding hydrogens is 264 g/mol. The van der Waals surface area contributed by atoms with E-state index in [2.05, 4.69) is 10.3 Å². The molecule has 0 aliphatic heterocycles. The lowest BCUT2D eigenvalue weighted by Gasteiger charge is -2.14. The van der Waals surface area contributed by atoms with Crippen molar-refractivity contribution in [3.05, 3.63) is 58.8 Å². The molecule has 21 heavy (non-hydrogen) atoms. The molecule has 5 nitrogen and oxygen atoms in total. The van der Waals surface area contributed by atoms with Crippen molar-refractivity contribution in [3.8, 4) is 6.07 Å². The zero-order chi connectivity index (χ0) is 15.4. The van der Waals surface area contributed by atoms with Gasteiger partial charge in [0.25, 0.3) is 5.91 Å². The first-order chi connectivity index (χ1) is 9.99. The van der Waals surface area contributed by atoms with Crippen LogP contribution in [0.25, 0.3) is 0 Å². The number of amides is 1. The molecule has 0 aliphatic carbocycles. The average Bonchev–Trinajstić information content (AvgIpc) is 2.46. The highest BCUT2D eigenvalue weighted by atomic mass is 16.1. The van der Waals surface area contributed by atoms with Crippen molar-refractivity contribution < 1.29 is 4.79 Å². The average molecular weight is 280 g/mol. The van der Waals surface area contributed by atoms with Crippen LogP contribution in [0.4, 0.5) is 5.82 Å². The van der Waals surface area contributed by atoms with Gasteiger partial charge in [-0.15, -0.1) is 0 Å². The summed E-state index contributed by atoms with van der Waals surface area (Å²) in [5.74, 6) is 0.221. The van der Waals surface area contributed by atoms with Crippen molar-refractivity contribution in [3.63, 3.8) is 0 Å². The van der Waals surface area contributed by atoms with E-state index >= 15 is 0 Å². The number of hydrogen-bond donors (Lipinski definition) is 2. The minimum atomic E-state index is -0.254. The van der Waals surface area contributed by atoms with Crippen molar-refractivity contribution in [2.24, 2.45) is 0 Å². The van der Waals surface area contributed by atoms with Gasteiger partial charge in [-0.3, -0.25) is 4.79 Å². The van der Waals surface area contributed by atoms with Gasteiger partial charge in [-0.1, -0.05) is 0 Å². The standard InChI is InChI=1S/C16H16N4O/c1-10-7-14(20-15(18)8-10)11(2)19-16(21)13-5-3-12(9-17)4-6-13/h3-8,11H,1-2H3,(H2,18,20)(H,19,21). The van der Waals surface area contributed by atoms with Crippen molar-refractivity contribution in [1.82, 2.24) is 10.3 Å². The second-order valence-electron chi connectivity index (χ2n) is 4.88. The van der Waals surface area contributed by atoms with E-state index in [-0.39, 0.29) is 11.9 Å². The number of nitrogens with two attached hydrogens (primary N) is 1. The summed E-state index contributed by atoms with van der Waals surface area (Å²) in [4.78, 5) is 16.4. The van der Waals surface area contributed by atoms with Gasteiger partial charge in [0.15, 0.2) is 0 Å². The topological polar surface area (TPSA) is 91.8 Å². The highest BCUT2D eigenvalue weighted by Crippen LogP contribution is 2.15. The Morgan fingerprint density at radius 2 is 2.00 bits per heavy atom. The van der Waals surface area contributed by atoms with Gasteiger partial charge in [-0.05, 0) is 55.8 Å². The third kappa shape index (κ3) is 3.57. The number of nitrogens with zero attached hydrogens (tertiary/aromatic N) is 2. The number of benzene rings is 1. The number of pyridine rings is 1. The fraction of sp³-hybridized carbons (Fsp3) is 0.188. The molecule has 1 unspecified atom stereocenters. The van der Waals surface area contributed by atoms with Crippen LogP contribution in [0.1, 0.15) is 40.1 Å². The molecule has 1 amide bonds. The number of anilines is 1. The first kappa shape index (κ1) is 14.5. The van der Waals surface area contributed by atoms with Crippen molar-refractivity contribution in [2.75, 3.05) is 5.73 Å². The molecule has 0 saturated heterocycles. The summed E-state index contributed by atoms with van der Waals surface area (Å²) in [5.41, 5.74) is 8.45. The number of aromatic nitrogens is 1. The van der Waals surface area contributed by atoms with Crippen LogP contribution < -0.4 is 11.1 Å². The Kier molecular flexibility index (Phi) is 4.19. The van der Waals surface area contributed by atoms with Gasteiger partial charge in [-0.2, -0.15) is 5.26 Å². The molecule has 1 heterocycles. The van der Waals surface area contributed by atoms with Crippen LogP contribution in [0.15, 0.2) is 36.4 Å². The van der Waals surface area contributed by atoms with Gasteiger partial charge >= 0.3 is 0 Å². The fourth-order valence-electron chi connectivity index (χ4n) is 1.99. The molecule has 0 saturated carbocycles. The molecule has 0 radical (unpaired) electrons. The van der Waals surface area contributed by atoms with E-state index in [4.69, 9.17) is 11.0 Å². The summed E-state index contributed by atoms with van der Waals surface area (Å²) in [5, 5.41) is 11.6. The van der Waals surface area contributed by atoms with Crippen LogP contribution in [0.5, 0.6) is 0 Å². The quantitative estimate of drug-likeness (QED) is 0.902. The molecule has 3 N–H and O–H groups in total. The Morgan fingerprint density at radius 3 is 2.57 bits per heavy atom. The Labute approximate surface area is 123 Å². The number of carbonyl (C=O) groups is 1. The van der Waals surface area contributed by atoms with E-state index in [0.717, 1.165) is 11.3 Å². The van der Waals surface area contributed by atoms with Gasteiger partial charge in [-0.25, -0.2) is 4.98 Å². The van der Waals surface area contributed by atoms with Gasteiger partial charge in [0.05, 0.1) is 23.4 Å². The molecule has 0 bridgehead atoms. The molecule has 5 heteroatoms. The molecular formula is C16H16N4O. The SMILES string of the molecule is Cc1cc(N)nc(C(C)NC(=O)c2ccc(C#N)cc2)c1. The maximum absolute atomic E-state index is 12.1. The van der Waals surface area contributed by atoms with E-state index < -0.39 is 0 Å². The van der Waals surface area contributed by atoms with Gasteiger partial charge in [0.2, 0.25) is 0 Å². The number of rotatable bonds is 3. The maximum Gasteiger partial charge on any atom is 0.251 e. The molecule has 0 aliphatic rings. The number of aryl methyl sites for hydroxylation is 1. The zero-order valence-electron chi connectivity index (χ0n) is 11.9. The summed E-state index contributed by atoms with van der Waals surface area (Å²) < 4.78 is 0. The monoisotopic (exact) mass is 280 g/mol. The highest BCUT2D eigenvalue weighted by Gasteiger charge is 2.13. The number of hydrogen-bond acceptors (Lipinski definition) is 4. The predicted molar refractivity (Wildman–Crippen MR) is 80.4 cm³/mol. The summed E-state index contributed by atoms with van der Waals surface area (Å²) in [6, 6.07) is 11.9. The van der Waals surface area contributed by atoms with Crippen LogP contribution in [0.3, 0.4) is 0 Å².